The molecule has 0 aliphatic heterocycles. The molecule has 20 heavy (non-hydrogen) atoms. The normalized spacial score (nSPS) is 14.5. The van der Waals surface area contributed by atoms with Crippen molar-refractivity contribution < 1.29 is 0 Å². The summed E-state index contributed by atoms with van der Waals surface area (Å²) >= 11 is 8.75. The molecule has 0 spiro atoms. The average Bonchev–Trinajstić information content (AvgIpc) is 2.78. The molecule has 1 heterocycles. The van der Waals surface area contributed by atoms with Gasteiger partial charge in [-0.1, -0.05) is 28.1 Å². The predicted octanol–water partition coefficient (Wildman–Crippen LogP) is 4.79. The van der Waals surface area contributed by atoms with Crippen molar-refractivity contribution in [1.82, 2.24) is 4.90 Å². The van der Waals surface area contributed by atoms with Crippen molar-refractivity contribution in [2.24, 2.45) is 5.73 Å². The number of halogens is 2. The first kappa shape index (κ1) is 16.2. The highest BCUT2D eigenvalue weighted by Gasteiger charge is 2.22. The highest BCUT2D eigenvalue weighted by molar-refractivity contribution is 9.11. The van der Waals surface area contributed by atoms with Crippen LogP contribution >= 0.6 is 43.2 Å². The van der Waals surface area contributed by atoms with E-state index >= 15 is 0 Å². The maximum absolute atomic E-state index is 6.20. The molecule has 0 amide bonds. The standard InChI is InChI=1S/C15H18Br2N2S/c1-10(18)15(13-7-8-14(17)20-13)19(2)9-11-3-5-12(16)6-4-11/h3-8,10,15H,9,18H2,1-2H3. The van der Waals surface area contributed by atoms with Crippen LogP contribution in [0.3, 0.4) is 0 Å². The molecule has 108 valence electrons. The first-order valence-corrected chi connectivity index (χ1v) is 8.83. The number of hydrogen-bond acceptors (Lipinski definition) is 3. The van der Waals surface area contributed by atoms with Gasteiger partial charge in [0.25, 0.3) is 0 Å². The Balaban J connectivity index is 2.15. The summed E-state index contributed by atoms with van der Waals surface area (Å²) in [6.45, 7) is 2.95. The van der Waals surface area contributed by atoms with Crippen LogP contribution in [0.4, 0.5) is 0 Å². The molecular weight excluding hydrogens is 400 g/mol. The summed E-state index contributed by atoms with van der Waals surface area (Å²) in [5.74, 6) is 0. The molecule has 1 aromatic heterocycles. The Morgan fingerprint density at radius 2 is 1.80 bits per heavy atom. The van der Waals surface area contributed by atoms with Crippen molar-refractivity contribution >= 4 is 43.2 Å². The third kappa shape index (κ3) is 4.15. The van der Waals surface area contributed by atoms with E-state index in [1.54, 1.807) is 11.3 Å². The molecule has 2 unspecified atom stereocenters. The molecule has 2 atom stereocenters. The second-order valence-electron chi connectivity index (χ2n) is 4.99. The molecule has 0 radical (unpaired) electrons. The molecule has 0 saturated carbocycles. The number of hydrogen-bond donors (Lipinski definition) is 1. The minimum Gasteiger partial charge on any atom is -0.326 e. The SMILES string of the molecule is CC(N)C(c1ccc(Br)s1)N(C)Cc1ccc(Br)cc1. The minimum absolute atomic E-state index is 0.0843. The number of thiophene rings is 1. The molecule has 0 saturated heterocycles. The van der Waals surface area contributed by atoms with Crippen LogP contribution in [0.25, 0.3) is 0 Å². The van der Waals surface area contributed by atoms with Crippen LogP contribution in [0.1, 0.15) is 23.4 Å². The average molecular weight is 418 g/mol. The van der Waals surface area contributed by atoms with Crippen molar-refractivity contribution in [2.45, 2.75) is 25.6 Å². The lowest BCUT2D eigenvalue weighted by molar-refractivity contribution is 0.214. The summed E-state index contributed by atoms with van der Waals surface area (Å²) in [6.07, 6.45) is 0. The third-order valence-electron chi connectivity index (χ3n) is 3.20. The lowest BCUT2D eigenvalue weighted by atomic mass is 10.1. The maximum atomic E-state index is 6.20. The van der Waals surface area contributed by atoms with Gasteiger partial charge >= 0.3 is 0 Å². The molecule has 0 fully saturated rings. The lowest BCUT2D eigenvalue weighted by Crippen LogP contribution is -2.36. The summed E-state index contributed by atoms with van der Waals surface area (Å²) < 4.78 is 2.25. The highest BCUT2D eigenvalue weighted by atomic mass is 79.9. The summed E-state index contributed by atoms with van der Waals surface area (Å²) in [4.78, 5) is 3.61. The van der Waals surface area contributed by atoms with E-state index in [-0.39, 0.29) is 12.1 Å². The van der Waals surface area contributed by atoms with E-state index in [4.69, 9.17) is 5.73 Å². The number of nitrogens with two attached hydrogens (primary N) is 1. The Bertz CT molecular complexity index is 551. The molecule has 0 aliphatic carbocycles. The van der Waals surface area contributed by atoms with E-state index in [0.717, 1.165) is 14.8 Å². The van der Waals surface area contributed by atoms with Gasteiger partial charge < -0.3 is 5.73 Å². The van der Waals surface area contributed by atoms with Gasteiger partial charge in [0.1, 0.15) is 0 Å². The number of likely N-dealkylation sites (N-methyl/N-ethyl adjacent to an activating group) is 1. The van der Waals surface area contributed by atoms with Crippen molar-refractivity contribution in [3.63, 3.8) is 0 Å². The Morgan fingerprint density at radius 3 is 2.30 bits per heavy atom. The van der Waals surface area contributed by atoms with Gasteiger partial charge in [-0.2, -0.15) is 0 Å². The predicted molar refractivity (Wildman–Crippen MR) is 94.0 cm³/mol. The second-order valence-corrected chi connectivity index (χ2v) is 8.40. The monoisotopic (exact) mass is 416 g/mol. The van der Waals surface area contributed by atoms with Gasteiger partial charge in [-0.3, -0.25) is 4.90 Å². The van der Waals surface area contributed by atoms with Crippen molar-refractivity contribution in [3.05, 3.63) is 55.1 Å². The smallest absolute Gasteiger partial charge is 0.0702 e. The summed E-state index contributed by atoms with van der Waals surface area (Å²) in [6, 6.07) is 13.0. The Hall–Kier alpha value is -0.200. The van der Waals surface area contributed by atoms with Crippen LogP contribution in [0.5, 0.6) is 0 Å². The van der Waals surface area contributed by atoms with Gasteiger partial charge in [0, 0.05) is 21.9 Å². The van der Waals surface area contributed by atoms with Crippen LogP contribution in [-0.2, 0) is 6.54 Å². The first-order valence-electron chi connectivity index (χ1n) is 6.43. The summed E-state index contributed by atoms with van der Waals surface area (Å²) in [5, 5.41) is 0. The van der Waals surface area contributed by atoms with Crippen molar-refractivity contribution in [2.75, 3.05) is 7.05 Å². The van der Waals surface area contributed by atoms with Gasteiger partial charge in [-0.05, 0) is 59.7 Å². The van der Waals surface area contributed by atoms with E-state index in [1.165, 1.54) is 10.4 Å². The zero-order valence-electron chi connectivity index (χ0n) is 11.5. The molecule has 2 N–H and O–H groups in total. The molecule has 0 aliphatic rings. The van der Waals surface area contributed by atoms with Gasteiger partial charge in [0.15, 0.2) is 0 Å². The molecular formula is C15H18Br2N2S. The molecule has 0 bridgehead atoms. The van der Waals surface area contributed by atoms with E-state index in [1.807, 2.05) is 0 Å². The largest absolute Gasteiger partial charge is 0.326 e. The first-order chi connectivity index (χ1) is 9.47. The van der Waals surface area contributed by atoms with E-state index in [0.29, 0.717) is 0 Å². The molecule has 1 aromatic carbocycles. The lowest BCUT2D eigenvalue weighted by Gasteiger charge is -2.30. The van der Waals surface area contributed by atoms with Crippen molar-refractivity contribution in [3.8, 4) is 0 Å². The summed E-state index contributed by atoms with van der Waals surface area (Å²) in [7, 11) is 2.13. The third-order valence-corrected chi connectivity index (χ3v) is 5.43. The van der Waals surface area contributed by atoms with Gasteiger partial charge in [0.2, 0.25) is 0 Å². The van der Waals surface area contributed by atoms with Crippen molar-refractivity contribution in [1.29, 1.82) is 0 Å². The zero-order chi connectivity index (χ0) is 14.7. The Labute approximate surface area is 141 Å². The number of rotatable bonds is 5. The topological polar surface area (TPSA) is 29.3 Å². The fraction of sp³-hybridized carbons (Fsp3) is 0.333. The number of nitrogens with zero attached hydrogens (tertiary/aromatic N) is 1. The fourth-order valence-corrected chi connectivity index (χ4v) is 4.31. The van der Waals surface area contributed by atoms with E-state index in [2.05, 4.69) is 87.1 Å². The van der Waals surface area contributed by atoms with Gasteiger partial charge in [0.05, 0.1) is 9.83 Å². The van der Waals surface area contributed by atoms with Crippen LogP contribution in [-0.4, -0.2) is 18.0 Å². The molecule has 2 rings (SSSR count). The molecule has 2 nitrogen and oxygen atoms in total. The Kier molecular flexibility index (Phi) is 5.81. The zero-order valence-corrected chi connectivity index (χ0v) is 15.5. The van der Waals surface area contributed by atoms with Gasteiger partial charge in [-0.15, -0.1) is 11.3 Å². The molecule has 2 aromatic rings. The quantitative estimate of drug-likeness (QED) is 0.757. The Morgan fingerprint density at radius 1 is 1.15 bits per heavy atom. The van der Waals surface area contributed by atoms with E-state index in [9.17, 15) is 0 Å². The van der Waals surface area contributed by atoms with Crippen LogP contribution < -0.4 is 5.73 Å². The van der Waals surface area contributed by atoms with Gasteiger partial charge in [-0.25, -0.2) is 0 Å². The molecule has 5 heteroatoms. The minimum atomic E-state index is 0.0843. The van der Waals surface area contributed by atoms with Crippen LogP contribution in [0, 0.1) is 0 Å². The fourth-order valence-electron chi connectivity index (χ4n) is 2.34. The maximum Gasteiger partial charge on any atom is 0.0702 e. The highest BCUT2D eigenvalue weighted by Crippen LogP contribution is 2.32. The summed E-state index contributed by atoms with van der Waals surface area (Å²) in [5.41, 5.74) is 7.49. The van der Waals surface area contributed by atoms with Crippen LogP contribution in [0.2, 0.25) is 0 Å². The second kappa shape index (κ2) is 7.18. The van der Waals surface area contributed by atoms with Crippen LogP contribution in [0.15, 0.2) is 44.7 Å². The van der Waals surface area contributed by atoms with E-state index < -0.39 is 0 Å². The number of benzene rings is 1.